The summed E-state index contributed by atoms with van der Waals surface area (Å²) in [5.41, 5.74) is 1.85. The molecule has 1 heterocycles. The number of nitrogens with zero attached hydrogens (tertiary/aromatic N) is 2. The van der Waals surface area contributed by atoms with Gasteiger partial charge in [0.25, 0.3) is 5.91 Å². The van der Waals surface area contributed by atoms with Gasteiger partial charge in [-0.05, 0) is 23.8 Å². The van der Waals surface area contributed by atoms with E-state index in [0.717, 1.165) is 39.3 Å². The molecule has 0 atom stereocenters. The molecule has 0 aliphatic carbocycles. The Morgan fingerprint density at radius 1 is 0.964 bits per heavy atom. The summed E-state index contributed by atoms with van der Waals surface area (Å²) in [5.74, 6) is 1.05. The quantitative estimate of drug-likeness (QED) is 0.758. The lowest BCUT2D eigenvalue weighted by molar-refractivity contribution is 0.0931. The molecule has 2 aromatic carbocycles. The van der Waals surface area contributed by atoms with E-state index in [4.69, 9.17) is 9.47 Å². The first-order valence-corrected chi connectivity index (χ1v) is 9.68. The van der Waals surface area contributed by atoms with Crippen molar-refractivity contribution in [3.63, 3.8) is 0 Å². The second-order valence-corrected chi connectivity index (χ2v) is 6.93. The summed E-state index contributed by atoms with van der Waals surface area (Å²) in [5, 5.41) is 2.99. The fraction of sp³-hybridized carbons (Fsp3) is 0.409. The maximum atomic E-state index is 12.5. The predicted molar refractivity (Wildman–Crippen MR) is 110 cm³/mol. The minimum Gasteiger partial charge on any atom is -0.497 e. The number of nitrogens with one attached hydrogen (secondary N) is 1. The van der Waals surface area contributed by atoms with Crippen LogP contribution in [0.3, 0.4) is 0 Å². The first-order valence-electron chi connectivity index (χ1n) is 9.68. The lowest BCUT2D eigenvalue weighted by Gasteiger charge is -2.34. The molecule has 0 bridgehead atoms. The number of methoxy groups -OCH3 is 2. The number of benzene rings is 2. The number of rotatable bonds is 8. The van der Waals surface area contributed by atoms with Crippen LogP contribution in [0.5, 0.6) is 11.5 Å². The molecule has 1 aliphatic heterocycles. The lowest BCUT2D eigenvalue weighted by Crippen LogP contribution is -2.48. The van der Waals surface area contributed by atoms with Crippen LogP contribution in [-0.2, 0) is 6.54 Å². The summed E-state index contributed by atoms with van der Waals surface area (Å²) < 4.78 is 10.5. The van der Waals surface area contributed by atoms with Gasteiger partial charge in [0.15, 0.2) is 0 Å². The van der Waals surface area contributed by atoms with Gasteiger partial charge in [0.2, 0.25) is 0 Å². The van der Waals surface area contributed by atoms with Gasteiger partial charge < -0.3 is 14.8 Å². The molecule has 150 valence electrons. The minimum atomic E-state index is -0.140. The third-order valence-electron chi connectivity index (χ3n) is 5.08. The van der Waals surface area contributed by atoms with E-state index in [1.165, 1.54) is 5.56 Å². The normalized spacial score (nSPS) is 15.2. The summed E-state index contributed by atoms with van der Waals surface area (Å²) >= 11 is 0. The van der Waals surface area contributed by atoms with Crippen LogP contribution in [-0.4, -0.2) is 69.2 Å². The lowest BCUT2D eigenvalue weighted by atomic mass is 10.1. The van der Waals surface area contributed by atoms with Gasteiger partial charge in [-0.15, -0.1) is 0 Å². The zero-order chi connectivity index (χ0) is 19.8. The molecule has 0 unspecified atom stereocenters. The topological polar surface area (TPSA) is 54.0 Å². The number of piperazine rings is 1. The Kier molecular flexibility index (Phi) is 7.28. The monoisotopic (exact) mass is 383 g/mol. The molecule has 1 amide bonds. The molecule has 1 aliphatic rings. The molecular weight excluding hydrogens is 354 g/mol. The molecule has 1 saturated heterocycles. The molecule has 2 aromatic rings. The average Bonchev–Trinajstić information content (AvgIpc) is 2.75. The van der Waals surface area contributed by atoms with Crippen molar-refractivity contribution in [2.75, 3.05) is 53.5 Å². The van der Waals surface area contributed by atoms with Crippen LogP contribution in [0.4, 0.5) is 0 Å². The number of carbonyl (C=O) groups excluding carboxylic acids is 1. The standard InChI is InChI=1S/C22H29N3O3/c1-27-19-8-9-21(28-2)20(16-19)22(26)23-10-11-24-12-14-25(15-13-24)17-18-6-4-3-5-7-18/h3-9,16H,10-15,17H2,1-2H3,(H,23,26). The van der Waals surface area contributed by atoms with Gasteiger partial charge in [-0.3, -0.25) is 14.6 Å². The molecule has 0 radical (unpaired) electrons. The van der Waals surface area contributed by atoms with Crippen molar-refractivity contribution >= 4 is 5.91 Å². The van der Waals surface area contributed by atoms with Gasteiger partial charge in [0.1, 0.15) is 11.5 Å². The van der Waals surface area contributed by atoms with Gasteiger partial charge in [-0.25, -0.2) is 0 Å². The van der Waals surface area contributed by atoms with Crippen LogP contribution in [0, 0.1) is 0 Å². The summed E-state index contributed by atoms with van der Waals surface area (Å²) in [6, 6.07) is 15.8. The summed E-state index contributed by atoms with van der Waals surface area (Å²) in [7, 11) is 3.15. The number of carbonyl (C=O) groups is 1. The fourth-order valence-electron chi connectivity index (χ4n) is 3.43. The van der Waals surface area contributed by atoms with E-state index in [1.807, 2.05) is 0 Å². The SMILES string of the molecule is COc1ccc(OC)c(C(=O)NCCN2CCN(Cc3ccccc3)CC2)c1. The van der Waals surface area contributed by atoms with Crippen molar-refractivity contribution < 1.29 is 14.3 Å². The smallest absolute Gasteiger partial charge is 0.255 e. The Morgan fingerprint density at radius 3 is 2.36 bits per heavy atom. The van der Waals surface area contributed by atoms with E-state index >= 15 is 0 Å². The number of hydrogen-bond donors (Lipinski definition) is 1. The fourth-order valence-corrected chi connectivity index (χ4v) is 3.43. The Balaban J connectivity index is 1.42. The predicted octanol–water partition coefficient (Wildman–Crippen LogP) is 2.25. The van der Waals surface area contributed by atoms with Crippen molar-refractivity contribution in [1.82, 2.24) is 15.1 Å². The largest absolute Gasteiger partial charge is 0.497 e. The third-order valence-corrected chi connectivity index (χ3v) is 5.08. The molecular formula is C22H29N3O3. The molecule has 0 aromatic heterocycles. The number of ether oxygens (including phenoxy) is 2. The van der Waals surface area contributed by atoms with Gasteiger partial charge >= 0.3 is 0 Å². The van der Waals surface area contributed by atoms with E-state index in [2.05, 4.69) is 45.4 Å². The molecule has 6 heteroatoms. The van der Waals surface area contributed by atoms with Crippen molar-refractivity contribution in [2.24, 2.45) is 0 Å². The second-order valence-electron chi connectivity index (χ2n) is 6.93. The van der Waals surface area contributed by atoms with Crippen LogP contribution in [0.1, 0.15) is 15.9 Å². The highest BCUT2D eigenvalue weighted by molar-refractivity contribution is 5.97. The zero-order valence-electron chi connectivity index (χ0n) is 16.7. The van der Waals surface area contributed by atoms with Crippen molar-refractivity contribution in [3.8, 4) is 11.5 Å². The Labute approximate surface area is 167 Å². The molecule has 0 saturated carbocycles. The van der Waals surface area contributed by atoms with Gasteiger partial charge in [-0.2, -0.15) is 0 Å². The maximum Gasteiger partial charge on any atom is 0.255 e. The van der Waals surface area contributed by atoms with E-state index in [9.17, 15) is 4.79 Å². The third kappa shape index (κ3) is 5.47. The average molecular weight is 383 g/mol. The van der Waals surface area contributed by atoms with Crippen LogP contribution < -0.4 is 14.8 Å². The summed E-state index contributed by atoms with van der Waals surface area (Å²) in [4.78, 5) is 17.4. The summed E-state index contributed by atoms with van der Waals surface area (Å²) in [6.45, 7) is 6.59. The Morgan fingerprint density at radius 2 is 1.68 bits per heavy atom. The van der Waals surface area contributed by atoms with Crippen LogP contribution in [0.2, 0.25) is 0 Å². The highest BCUT2D eigenvalue weighted by Gasteiger charge is 2.18. The number of hydrogen-bond acceptors (Lipinski definition) is 5. The van der Waals surface area contributed by atoms with Crippen molar-refractivity contribution in [1.29, 1.82) is 0 Å². The molecule has 28 heavy (non-hydrogen) atoms. The molecule has 6 nitrogen and oxygen atoms in total. The van der Waals surface area contributed by atoms with E-state index in [1.54, 1.807) is 32.4 Å². The molecule has 3 rings (SSSR count). The van der Waals surface area contributed by atoms with Crippen molar-refractivity contribution in [3.05, 3.63) is 59.7 Å². The summed E-state index contributed by atoms with van der Waals surface area (Å²) in [6.07, 6.45) is 0. The number of amides is 1. The highest BCUT2D eigenvalue weighted by Crippen LogP contribution is 2.23. The van der Waals surface area contributed by atoms with Crippen LogP contribution in [0.25, 0.3) is 0 Å². The van der Waals surface area contributed by atoms with Gasteiger partial charge in [-0.1, -0.05) is 30.3 Å². The molecule has 0 spiro atoms. The Hall–Kier alpha value is -2.57. The van der Waals surface area contributed by atoms with Crippen LogP contribution >= 0.6 is 0 Å². The van der Waals surface area contributed by atoms with Crippen LogP contribution in [0.15, 0.2) is 48.5 Å². The highest BCUT2D eigenvalue weighted by atomic mass is 16.5. The first-order chi connectivity index (χ1) is 13.7. The van der Waals surface area contributed by atoms with E-state index in [0.29, 0.717) is 23.6 Å². The Bertz CT molecular complexity index is 759. The van der Waals surface area contributed by atoms with Gasteiger partial charge in [0.05, 0.1) is 19.8 Å². The zero-order valence-corrected chi connectivity index (χ0v) is 16.7. The first kappa shape index (κ1) is 20.2. The van der Waals surface area contributed by atoms with E-state index < -0.39 is 0 Å². The van der Waals surface area contributed by atoms with Gasteiger partial charge in [0, 0.05) is 45.8 Å². The van der Waals surface area contributed by atoms with E-state index in [-0.39, 0.29) is 5.91 Å². The second kappa shape index (κ2) is 10.1. The maximum absolute atomic E-state index is 12.5. The minimum absolute atomic E-state index is 0.140. The molecule has 1 fully saturated rings. The molecule has 1 N–H and O–H groups in total. The van der Waals surface area contributed by atoms with Crippen molar-refractivity contribution in [2.45, 2.75) is 6.54 Å².